The molecule has 1 aliphatic rings. The summed E-state index contributed by atoms with van der Waals surface area (Å²) in [5.41, 5.74) is -0.478. The smallest absolute Gasteiger partial charge is 0.335 e. The molecule has 110 valence electrons. The van der Waals surface area contributed by atoms with Gasteiger partial charge in [-0.05, 0) is 31.4 Å². The topological polar surface area (TPSA) is 66.8 Å². The van der Waals surface area contributed by atoms with Gasteiger partial charge >= 0.3 is 5.97 Å². The molecule has 2 atom stereocenters. The molecule has 2 rings (SSSR count). The Morgan fingerprint density at radius 1 is 1.15 bits per heavy atom. The van der Waals surface area contributed by atoms with Crippen molar-refractivity contribution in [3.63, 3.8) is 0 Å². The number of halogens is 2. The number of rotatable bonds is 3. The van der Waals surface area contributed by atoms with Gasteiger partial charge in [-0.15, -0.1) is 0 Å². The van der Waals surface area contributed by atoms with Crippen molar-refractivity contribution in [2.75, 3.05) is 0 Å². The second-order valence-electron chi connectivity index (χ2n) is 4.94. The SMILES string of the molecule is O=C(O)c1cc(F)c(OC2CCCCCC2O)c(F)c1. The van der Waals surface area contributed by atoms with E-state index in [2.05, 4.69) is 0 Å². The van der Waals surface area contributed by atoms with Crippen LogP contribution in [0.15, 0.2) is 12.1 Å². The van der Waals surface area contributed by atoms with Gasteiger partial charge in [-0.2, -0.15) is 0 Å². The van der Waals surface area contributed by atoms with Crippen LogP contribution in [-0.2, 0) is 0 Å². The molecule has 1 fully saturated rings. The lowest BCUT2D eigenvalue weighted by Gasteiger charge is -2.22. The number of ether oxygens (including phenoxy) is 1. The first-order valence-corrected chi connectivity index (χ1v) is 6.56. The van der Waals surface area contributed by atoms with E-state index in [1.807, 2.05) is 0 Å². The van der Waals surface area contributed by atoms with E-state index >= 15 is 0 Å². The van der Waals surface area contributed by atoms with Gasteiger partial charge in [-0.25, -0.2) is 13.6 Å². The molecule has 6 heteroatoms. The van der Waals surface area contributed by atoms with Gasteiger partial charge in [0.25, 0.3) is 0 Å². The molecule has 0 spiro atoms. The van der Waals surface area contributed by atoms with Gasteiger partial charge in [0, 0.05) is 0 Å². The molecular weight excluding hydrogens is 270 g/mol. The maximum absolute atomic E-state index is 13.7. The molecule has 0 amide bonds. The number of hydrogen-bond acceptors (Lipinski definition) is 3. The van der Waals surface area contributed by atoms with Gasteiger partial charge in [0.15, 0.2) is 17.4 Å². The molecule has 2 N–H and O–H groups in total. The van der Waals surface area contributed by atoms with Crippen LogP contribution in [0.5, 0.6) is 5.75 Å². The number of carboxylic acid groups (broad SMARTS) is 1. The van der Waals surface area contributed by atoms with Crippen molar-refractivity contribution in [2.24, 2.45) is 0 Å². The summed E-state index contributed by atoms with van der Waals surface area (Å²) in [6, 6.07) is 1.42. The number of hydrogen-bond donors (Lipinski definition) is 2. The highest BCUT2D eigenvalue weighted by Crippen LogP contribution is 2.28. The maximum Gasteiger partial charge on any atom is 0.335 e. The molecule has 0 aliphatic heterocycles. The number of carbonyl (C=O) groups is 1. The van der Waals surface area contributed by atoms with Crippen LogP contribution in [0.1, 0.15) is 42.5 Å². The lowest BCUT2D eigenvalue weighted by molar-refractivity contribution is 0.0273. The number of benzene rings is 1. The molecule has 0 saturated heterocycles. The molecule has 0 radical (unpaired) electrons. The van der Waals surface area contributed by atoms with Gasteiger partial charge in [0.05, 0.1) is 11.7 Å². The van der Waals surface area contributed by atoms with Crippen molar-refractivity contribution in [3.8, 4) is 5.75 Å². The zero-order valence-electron chi connectivity index (χ0n) is 10.8. The lowest BCUT2D eigenvalue weighted by Crippen LogP contribution is -2.31. The predicted molar refractivity (Wildman–Crippen MR) is 66.8 cm³/mol. The Morgan fingerprint density at radius 3 is 2.35 bits per heavy atom. The largest absolute Gasteiger partial charge is 0.482 e. The van der Waals surface area contributed by atoms with Crippen LogP contribution in [0.3, 0.4) is 0 Å². The number of carboxylic acids is 1. The van der Waals surface area contributed by atoms with E-state index in [9.17, 15) is 18.7 Å². The molecule has 1 aliphatic carbocycles. The Bertz CT molecular complexity index is 481. The minimum atomic E-state index is -1.41. The number of aromatic carboxylic acids is 1. The molecule has 1 aromatic rings. The van der Waals surface area contributed by atoms with E-state index in [1.54, 1.807) is 0 Å². The Morgan fingerprint density at radius 2 is 1.75 bits per heavy atom. The summed E-state index contributed by atoms with van der Waals surface area (Å²) >= 11 is 0. The fourth-order valence-corrected chi connectivity index (χ4v) is 2.34. The minimum Gasteiger partial charge on any atom is -0.482 e. The second-order valence-corrected chi connectivity index (χ2v) is 4.94. The summed E-state index contributed by atoms with van der Waals surface area (Å²) in [5.74, 6) is -4.18. The summed E-state index contributed by atoms with van der Waals surface area (Å²) in [5, 5.41) is 18.6. The van der Waals surface area contributed by atoms with Crippen molar-refractivity contribution < 1.29 is 28.5 Å². The Hall–Kier alpha value is -1.69. The molecule has 2 unspecified atom stereocenters. The summed E-state index contributed by atoms with van der Waals surface area (Å²) in [6.45, 7) is 0. The number of aliphatic hydroxyl groups is 1. The molecule has 0 heterocycles. The zero-order chi connectivity index (χ0) is 14.7. The van der Waals surface area contributed by atoms with E-state index in [0.717, 1.165) is 19.3 Å². The maximum atomic E-state index is 13.7. The average Bonchev–Trinajstić information content (AvgIpc) is 2.58. The van der Waals surface area contributed by atoms with E-state index in [4.69, 9.17) is 9.84 Å². The number of aliphatic hydroxyl groups excluding tert-OH is 1. The predicted octanol–water partition coefficient (Wildman–Crippen LogP) is 2.74. The lowest BCUT2D eigenvalue weighted by atomic mass is 10.1. The molecule has 1 aromatic carbocycles. The summed E-state index contributed by atoms with van der Waals surface area (Å²) in [6.07, 6.45) is 2.22. The first-order valence-electron chi connectivity index (χ1n) is 6.56. The van der Waals surface area contributed by atoms with E-state index in [0.29, 0.717) is 25.0 Å². The Balaban J connectivity index is 2.22. The third-order valence-corrected chi connectivity index (χ3v) is 3.43. The summed E-state index contributed by atoms with van der Waals surface area (Å²) < 4.78 is 32.7. The van der Waals surface area contributed by atoms with E-state index in [-0.39, 0.29) is 0 Å². The summed E-state index contributed by atoms with van der Waals surface area (Å²) in [4.78, 5) is 10.7. The van der Waals surface area contributed by atoms with Crippen molar-refractivity contribution in [2.45, 2.75) is 44.3 Å². The fraction of sp³-hybridized carbons (Fsp3) is 0.500. The summed E-state index contributed by atoms with van der Waals surface area (Å²) in [7, 11) is 0. The fourth-order valence-electron chi connectivity index (χ4n) is 2.34. The molecule has 4 nitrogen and oxygen atoms in total. The van der Waals surface area contributed by atoms with Crippen LogP contribution in [0.2, 0.25) is 0 Å². The molecule has 0 bridgehead atoms. The van der Waals surface area contributed by atoms with Crippen LogP contribution < -0.4 is 4.74 Å². The second kappa shape index (κ2) is 6.17. The quantitative estimate of drug-likeness (QED) is 0.838. The van der Waals surface area contributed by atoms with E-state index in [1.165, 1.54) is 0 Å². The normalized spacial score (nSPS) is 23.1. The van der Waals surface area contributed by atoms with Crippen LogP contribution in [-0.4, -0.2) is 28.4 Å². The van der Waals surface area contributed by atoms with Crippen LogP contribution >= 0.6 is 0 Å². The van der Waals surface area contributed by atoms with Gasteiger partial charge < -0.3 is 14.9 Å². The van der Waals surface area contributed by atoms with Gasteiger partial charge in [-0.3, -0.25) is 0 Å². The third kappa shape index (κ3) is 3.25. The van der Waals surface area contributed by atoms with Gasteiger partial charge in [-0.1, -0.05) is 12.8 Å². The van der Waals surface area contributed by atoms with Crippen molar-refractivity contribution in [3.05, 3.63) is 29.3 Å². The third-order valence-electron chi connectivity index (χ3n) is 3.43. The van der Waals surface area contributed by atoms with E-state index < -0.39 is 41.1 Å². The Labute approximate surface area is 115 Å². The van der Waals surface area contributed by atoms with Crippen molar-refractivity contribution in [1.29, 1.82) is 0 Å². The van der Waals surface area contributed by atoms with Crippen LogP contribution in [0.25, 0.3) is 0 Å². The minimum absolute atomic E-state index is 0.478. The standard InChI is InChI=1S/C14H16F2O4/c15-9-6-8(14(18)19)7-10(16)13(9)20-12-5-3-1-2-4-11(12)17/h6-7,11-12,17H,1-5H2,(H,18,19). The van der Waals surface area contributed by atoms with Gasteiger partial charge in [0.1, 0.15) is 6.10 Å². The van der Waals surface area contributed by atoms with Crippen molar-refractivity contribution >= 4 is 5.97 Å². The highest BCUT2D eigenvalue weighted by Gasteiger charge is 2.26. The average molecular weight is 286 g/mol. The highest BCUT2D eigenvalue weighted by atomic mass is 19.1. The molecule has 20 heavy (non-hydrogen) atoms. The Kier molecular flexibility index (Phi) is 4.54. The monoisotopic (exact) mass is 286 g/mol. The molecule has 0 aromatic heterocycles. The molecular formula is C14H16F2O4. The first kappa shape index (κ1) is 14.7. The van der Waals surface area contributed by atoms with Crippen LogP contribution in [0.4, 0.5) is 8.78 Å². The van der Waals surface area contributed by atoms with Crippen molar-refractivity contribution in [1.82, 2.24) is 0 Å². The van der Waals surface area contributed by atoms with Gasteiger partial charge in [0.2, 0.25) is 0 Å². The molecule has 1 saturated carbocycles. The van der Waals surface area contributed by atoms with Crippen LogP contribution in [0, 0.1) is 11.6 Å². The highest BCUT2D eigenvalue weighted by molar-refractivity contribution is 5.87. The first-order chi connectivity index (χ1) is 9.49. The zero-order valence-corrected chi connectivity index (χ0v) is 10.8.